The lowest BCUT2D eigenvalue weighted by molar-refractivity contribution is -0.138. The topological polar surface area (TPSA) is 49.3 Å². The number of nitrogens with one attached hydrogen (secondary N) is 1. The van der Waals surface area contributed by atoms with Crippen molar-refractivity contribution in [3.63, 3.8) is 0 Å². The van der Waals surface area contributed by atoms with Gasteiger partial charge in [0.1, 0.15) is 0 Å². The largest absolute Gasteiger partial charge is 0.481 e. The van der Waals surface area contributed by atoms with E-state index in [1.165, 1.54) is 5.56 Å². The van der Waals surface area contributed by atoms with Gasteiger partial charge in [0.2, 0.25) is 0 Å². The molecule has 0 bridgehead atoms. The number of carboxylic acids is 1. The average molecular weight is 219 g/mol. The summed E-state index contributed by atoms with van der Waals surface area (Å²) >= 11 is 0. The lowest BCUT2D eigenvalue weighted by Gasteiger charge is -2.37. The monoisotopic (exact) mass is 219 g/mol. The first-order valence-electron chi connectivity index (χ1n) is 5.71. The molecular weight excluding hydrogens is 202 g/mol. The Morgan fingerprint density at radius 3 is 2.44 bits per heavy atom. The fraction of sp³-hybridized carbons (Fsp3) is 0.462. The maximum absolute atomic E-state index is 11.0. The van der Waals surface area contributed by atoms with Crippen LogP contribution in [0.4, 0.5) is 0 Å². The zero-order chi connectivity index (χ0) is 11.4. The number of hydrogen-bond donors (Lipinski definition) is 2. The van der Waals surface area contributed by atoms with Crippen LogP contribution in [0.2, 0.25) is 0 Å². The summed E-state index contributed by atoms with van der Waals surface area (Å²) < 4.78 is 0. The SMILES string of the molecule is O=C(O)CC1(c2ccccc2)CCNCC1. The van der Waals surface area contributed by atoms with Gasteiger partial charge in [0.05, 0.1) is 6.42 Å². The van der Waals surface area contributed by atoms with Gasteiger partial charge in [0.25, 0.3) is 0 Å². The van der Waals surface area contributed by atoms with Gasteiger partial charge in [-0.05, 0) is 31.5 Å². The fourth-order valence-electron chi connectivity index (χ4n) is 2.55. The Kier molecular flexibility index (Phi) is 3.25. The summed E-state index contributed by atoms with van der Waals surface area (Å²) in [6.07, 6.45) is 2.05. The summed E-state index contributed by atoms with van der Waals surface area (Å²) in [6.45, 7) is 1.81. The van der Waals surface area contributed by atoms with E-state index in [9.17, 15) is 4.79 Å². The smallest absolute Gasteiger partial charge is 0.304 e. The molecule has 0 radical (unpaired) electrons. The summed E-state index contributed by atoms with van der Waals surface area (Å²) in [4.78, 5) is 11.0. The normalized spacial score (nSPS) is 19.2. The van der Waals surface area contributed by atoms with Gasteiger partial charge < -0.3 is 10.4 Å². The molecule has 3 nitrogen and oxygen atoms in total. The minimum Gasteiger partial charge on any atom is -0.481 e. The summed E-state index contributed by atoms with van der Waals surface area (Å²) in [6, 6.07) is 10.0. The highest BCUT2D eigenvalue weighted by molar-refractivity contribution is 5.69. The molecule has 1 aliphatic heterocycles. The lowest BCUT2D eigenvalue weighted by atomic mass is 9.71. The Morgan fingerprint density at radius 1 is 1.25 bits per heavy atom. The van der Waals surface area contributed by atoms with E-state index in [0.717, 1.165) is 25.9 Å². The molecular formula is C13H17NO2. The van der Waals surface area contributed by atoms with Gasteiger partial charge in [-0.2, -0.15) is 0 Å². The molecule has 0 atom stereocenters. The van der Waals surface area contributed by atoms with Crippen molar-refractivity contribution in [1.82, 2.24) is 5.32 Å². The van der Waals surface area contributed by atoms with E-state index in [4.69, 9.17) is 5.11 Å². The number of aliphatic carboxylic acids is 1. The van der Waals surface area contributed by atoms with Crippen molar-refractivity contribution < 1.29 is 9.90 Å². The minimum atomic E-state index is -0.703. The number of carbonyl (C=O) groups is 1. The zero-order valence-corrected chi connectivity index (χ0v) is 9.28. The Hall–Kier alpha value is -1.35. The molecule has 2 N–H and O–H groups in total. The molecule has 1 aliphatic rings. The van der Waals surface area contributed by atoms with Gasteiger partial charge in [-0.15, -0.1) is 0 Å². The van der Waals surface area contributed by atoms with Crippen molar-refractivity contribution in [2.75, 3.05) is 13.1 Å². The highest BCUT2D eigenvalue weighted by Gasteiger charge is 2.35. The molecule has 1 aromatic carbocycles. The van der Waals surface area contributed by atoms with E-state index in [-0.39, 0.29) is 11.8 Å². The number of benzene rings is 1. The van der Waals surface area contributed by atoms with E-state index in [2.05, 4.69) is 5.32 Å². The first-order valence-corrected chi connectivity index (χ1v) is 5.71. The fourth-order valence-corrected chi connectivity index (χ4v) is 2.55. The minimum absolute atomic E-state index is 0.168. The van der Waals surface area contributed by atoms with Crippen molar-refractivity contribution in [3.05, 3.63) is 35.9 Å². The van der Waals surface area contributed by atoms with E-state index < -0.39 is 5.97 Å². The van der Waals surface area contributed by atoms with Crippen molar-refractivity contribution in [1.29, 1.82) is 0 Å². The van der Waals surface area contributed by atoms with Crippen LogP contribution in [0.5, 0.6) is 0 Å². The van der Waals surface area contributed by atoms with Crippen LogP contribution in [0, 0.1) is 0 Å². The van der Waals surface area contributed by atoms with Crippen LogP contribution in [-0.2, 0) is 10.2 Å². The highest BCUT2D eigenvalue weighted by atomic mass is 16.4. The molecule has 0 spiro atoms. The lowest BCUT2D eigenvalue weighted by Crippen LogP contribution is -2.41. The van der Waals surface area contributed by atoms with Gasteiger partial charge in [-0.1, -0.05) is 30.3 Å². The molecule has 1 heterocycles. The third kappa shape index (κ3) is 2.25. The summed E-state index contributed by atoms with van der Waals surface area (Å²) in [5.74, 6) is -0.703. The van der Waals surface area contributed by atoms with Crippen LogP contribution in [0.15, 0.2) is 30.3 Å². The molecule has 3 heteroatoms. The number of hydrogen-bond acceptors (Lipinski definition) is 2. The van der Waals surface area contributed by atoms with E-state index in [0.29, 0.717) is 0 Å². The Balaban J connectivity index is 2.29. The second kappa shape index (κ2) is 4.66. The molecule has 0 amide bonds. The highest BCUT2D eigenvalue weighted by Crippen LogP contribution is 2.36. The van der Waals surface area contributed by atoms with Crippen molar-refractivity contribution in [2.24, 2.45) is 0 Å². The van der Waals surface area contributed by atoms with E-state index in [1.807, 2.05) is 30.3 Å². The molecule has 86 valence electrons. The Bertz CT molecular complexity index is 355. The molecule has 1 saturated heterocycles. The van der Waals surface area contributed by atoms with Gasteiger partial charge in [0.15, 0.2) is 0 Å². The molecule has 1 aromatic rings. The van der Waals surface area contributed by atoms with Crippen LogP contribution < -0.4 is 5.32 Å². The number of carboxylic acid groups (broad SMARTS) is 1. The second-order valence-electron chi connectivity index (χ2n) is 4.47. The number of rotatable bonds is 3. The molecule has 0 aliphatic carbocycles. The summed E-state index contributed by atoms with van der Waals surface area (Å²) in [7, 11) is 0. The predicted molar refractivity (Wildman–Crippen MR) is 62.5 cm³/mol. The third-order valence-corrected chi connectivity index (χ3v) is 3.44. The first-order chi connectivity index (χ1) is 7.73. The van der Waals surface area contributed by atoms with Crippen LogP contribution in [0.1, 0.15) is 24.8 Å². The summed E-state index contributed by atoms with van der Waals surface area (Å²) in [5.41, 5.74) is 0.997. The van der Waals surface area contributed by atoms with Gasteiger partial charge in [-0.25, -0.2) is 0 Å². The molecule has 0 aromatic heterocycles. The first kappa shape index (κ1) is 11.1. The van der Waals surface area contributed by atoms with E-state index in [1.54, 1.807) is 0 Å². The predicted octanol–water partition coefficient (Wildman–Crippen LogP) is 1.78. The maximum atomic E-state index is 11.0. The maximum Gasteiger partial charge on any atom is 0.304 e. The Morgan fingerprint density at radius 2 is 1.88 bits per heavy atom. The Labute approximate surface area is 95.5 Å². The van der Waals surface area contributed by atoms with Crippen molar-refractivity contribution in [2.45, 2.75) is 24.7 Å². The van der Waals surface area contributed by atoms with Crippen LogP contribution in [0.3, 0.4) is 0 Å². The van der Waals surface area contributed by atoms with Crippen LogP contribution >= 0.6 is 0 Å². The van der Waals surface area contributed by atoms with Gasteiger partial charge in [0, 0.05) is 5.41 Å². The summed E-state index contributed by atoms with van der Waals surface area (Å²) in [5, 5.41) is 12.4. The average Bonchev–Trinajstić information content (AvgIpc) is 2.30. The van der Waals surface area contributed by atoms with Crippen LogP contribution in [-0.4, -0.2) is 24.2 Å². The van der Waals surface area contributed by atoms with Crippen molar-refractivity contribution in [3.8, 4) is 0 Å². The standard InChI is InChI=1S/C13H17NO2/c15-12(16)10-13(6-8-14-9-7-13)11-4-2-1-3-5-11/h1-5,14H,6-10H2,(H,15,16). The van der Waals surface area contributed by atoms with Crippen LogP contribution in [0.25, 0.3) is 0 Å². The zero-order valence-electron chi connectivity index (χ0n) is 9.28. The molecule has 0 unspecified atom stereocenters. The number of piperidine rings is 1. The van der Waals surface area contributed by atoms with Crippen molar-refractivity contribution >= 4 is 5.97 Å². The molecule has 1 fully saturated rings. The van der Waals surface area contributed by atoms with Gasteiger partial charge >= 0.3 is 5.97 Å². The second-order valence-corrected chi connectivity index (χ2v) is 4.47. The van der Waals surface area contributed by atoms with E-state index >= 15 is 0 Å². The molecule has 2 rings (SSSR count). The molecule has 0 saturated carbocycles. The quantitative estimate of drug-likeness (QED) is 0.814. The van der Waals surface area contributed by atoms with Gasteiger partial charge in [-0.3, -0.25) is 4.79 Å². The molecule has 16 heavy (non-hydrogen) atoms. The third-order valence-electron chi connectivity index (χ3n) is 3.44.